The van der Waals surface area contributed by atoms with Crippen molar-refractivity contribution in [3.05, 3.63) is 11.8 Å². The minimum atomic E-state index is -3.59. The Balaban J connectivity index is 3.30. The van der Waals surface area contributed by atoms with Crippen molar-refractivity contribution < 1.29 is 47.3 Å². The number of carbonyl (C=O) groups excluding carboxylic acids is 2. The summed E-state index contributed by atoms with van der Waals surface area (Å²) in [6.45, 7) is 8.36. The van der Waals surface area contributed by atoms with Crippen LogP contribution in [0.25, 0.3) is 0 Å². The van der Waals surface area contributed by atoms with E-state index in [2.05, 4.69) is 0 Å². The fourth-order valence-corrected chi connectivity index (χ4v) is 5.16. The van der Waals surface area contributed by atoms with Crippen molar-refractivity contribution in [2.45, 2.75) is 65.3 Å². The molecular formula is C21H38NO10P. The Labute approximate surface area is 195 Å². The SMILES string of the molecule is CCOP(=O)(C[C@H](O)[C@H]1O[C@@H](N(/C=C(/C)C(C)=O)C(C)=O)[C@H](OCCOC)[C@@H]1OC)OCC. The van der Waals surface area contributed by atoms with E-state index >= 15 is 0 Å². The molecular weight excluding hydrogens is 457 g/mol. The van der Waals surface area contributed by atoms with Gasteiger partial charge in [0.1, 0.15) is 18.3 Å². The van der Waals surface area contributed by atoms with Gasteiger partial charge in [-0.05, 0) is 27.7 Å². The lowest BCUT2D eigenvalue weighted by atomic mass is 10.1. The van der Waals surface area contributed by atoms with Gasteiger partial charge in [-0.3, -0.25) is 19.1 Å². The average Bonchev–Trinajstić information content (AvgIpc) is 3.10. The maximum Gasteiger partial charge on any atom is 0.333 e. The van der Waals surface area contributed by atoms with Gasteiger partial charge >= 0.3 is 7.60 Å². The van der Waals surface area contributed by atoms with E-state index in [1.165, 1.54) is 39.2 Å². The van der Waals surface area contributed by atoms with E-state index < -0.39 is 44.1 Å². The first kappa shape index (κ1) is 29.9. The molecule has 0 aromatic heterocycles. The van der Waals surface area contributed by atoms with Crippen molar-refractivity contribution in [1.82, 2.24) is 4.90 Å². The molecule has 1 heterocycles. The molecule has 0 unspecified atom stereocenters. The maximum atomic E-state index is 13.0. The molecule has 0 aliphatic carbocycles. The molecule has 1 N–H and O–H groups in total. The molecule has 1 rings (SSSR count). The lowest BCUT2D eigenvalue weighted by Gasteiger charge is -2.30. The van der Waals surface area contributed by atoms with Crippen LogP contribution < -0.4 is 0 Å². The van der Waals surface area contributed by atoms with Gasteiger partial charge in [0.15, 0.2) is 12.0 Å². The normalized spacial score (nSPS) is 24.7. The van der Waals surface area contributed by atoms with Crippen molar-refractivity contribution in [2.24, 2.45) is 0 Å². The van der Waals surface area contributed by atoms with Crippen LogP contribution in [0.1, 0.15) is 34.6 Å². The zero-order chi connectivity index (χ0) is 25.2. The summed E-state index contributed by atoms with van der Waals surface area (Å²) in [5.74, 6) is -0.620. The predicted octanol–water partition coefficient (Wildman–Crippen LogP) is 1.73. The summed E-state index contributed by atoms with van der Waals surface area (Å²) < 4.78 is 46.1. The number of amides is 1. The second-order valence-corrected chi connectivity index (χ2v) is 9.61. The molecule has 0 bridgehead atoms. The van der Waals surface area contributed by atoms with E-state index in [1.54, 1.807) is 20.8 Å². The molecule has 33 heavy (non-hydrogen) atoms. The van der Waals surface area contributed by atoms with E-state index in [0.717, 1.165) is 0 Å². The number of Topliss-reactive ketones (excluding diaryl/α,β-unsaturated/α-hetero) is 1. The lowest BCUT2D eigenvalue weighted by molar-refractivity contribution is -0.149. The van der Waals surface area contributed by atoms with Gasteiger partial charge in [0.05, 0.1) is 38.7 Å². The number of ether oxygens (including phenoxy) is 4. The summed E-state index contributed by atoms with van der Waals surface area (Å²) in [5, 5.41) is 10.9. The van der Waals surface area contributed by atoms with Crippen molar-refractivity contribution in [1.29, 1.82) is 0 Å². The van der Waals surface area contributed by atoms with Crippen molar-refractivity contribution >= 4 is 19.3 Å². The van der Waals surface area contributed by atoms with Crippen LogP contribution >= 0.6 is 7.60 Å². The molecule has 1 aliphatic rings. The third kappa shape index (κ3) is 8.52. The fourth-order valence-electron chi connectivity index (χ4n) is 3.42. The third-order valence-electron chi connectivity index (χ3n) is 5.06. The van der Waals surface area contributed by atoms with Gasteiger partial charge in [0, 0.05) is 32.9 Å². The largest absolute Gasteiger partial charge is 0.390 e. The summed E-state index contributed by atoms with van der Waals surface area (Å²) in [7, 11) is -0.654. The minimum Gasteiger partial charge on any atom is -0.390 e. The van der Waals surface area contributed by atoms with Crippen molar-refractivity contribution in [2.75, 3.05) is 46.8 Å². The summed E-state index contributed by atoms with van der Waals surface area (Å²) >= 11 is 0. The van der Waals surface area contributed by atoms with Gasteiger partial charge in [-0.15, -0.1) is 0 Å². The van der Waals surface area contributed by atoms with Crippen LogP contribution in [-0.2, 0) is 42.1 Å². The highest BCUT2D eigenvalue weighted by molar-refractivity contribution is 7.53. The van der Waals surface area contributed by atoms with Crippen LogP contribution in [0.3, 0.4) is 0 Å². The molecule has 1 aliphatic heterocycles. The highest BCUT2D eigenvalue weighted by atomic mass is 31.2. The molecule has 1 saturated heterocycles. The highest BCUT2D eigenvalue weighted by Gasteiger charge is 2.52. The molecule has 0 saturated carbocycles. The monoisotopic (exact) mass is 495 g/mol. The van der Waals surface area contributed by atoms with Gasteiger partial charge in [-0.2, -0.15) is 0 Å². The average molecular weight is 496 g/mol. The third-order valence-corrected chi connectivity index (χ3v) is 7.19. The Kier molecular flexibility index (Phi) is 12.9. The molecule has 0 spiro atoms. The van der Waals surface area contributed by atoms with E-state index in [0.29, 0.717) is 5.57 Å². The second kappa shape index (κ2) is 14.3. The Morgan fingerprint density at radius 2 is 1.70 bits per heavy atom. The Bertz CT molecular complexity index is 705. The first-order chi connectivity index (χ1) is 15.5. The number of allylic oxidation sites excluding steroid dienone is 1. The number of ketones is 1. The summed E-state index contributed by atoms with van der Waals surface area (Å²) in [6, 6.07) is 0. The van der Waals surface area contributed by atoms with Crippen LogP contribution in [0.15, 0.2) is 11.8 Å². The molecule has 12 heteroatoms. The molecule has 192 valence electrons. The van der Waals surface area contributed by atoms with Crippen molar-refractivity contribution in [3.63, 3.8) is 0 Å². The summed E-state index contributed by atoms with van der Waals surface area (Å²) in [5.41, 5.74) is 0.333. The number of methoxy groups -OCH3 is 2. The lowest BCUT2D eigenvalue weighted by Crippen LogP contribution is -2.46. The maximum absolute atomic E-state index is 13.0. The molecule has 1 amide bonds. The van der Waals surface area contributed by atoms with E-state index in [9.17, 15) is 19.3 Å². The number of aliphatic hydroxyl groups is 1. The van der Waals surface area contributed by atoms with Crippen LogP contribution in [0, 0.1) is 0 Å². The molecule has 0 radical (unpaired) electrons. The number of rotatable bonds is 15. The second-order valence-electron chi connectivity index (χ2n) is 7.51. The molecule has 5 atom stereocenters. The first-order valence-corrected chi connectivity index (χ1v) is 12.6. The van der Waals surface area contributed by atoms with Crippen molar-refractivity contribution in [3.8, 4) is 0 Å². The topological polar surface area (TPSA) is 130 Å². The first-order valence-electron chi connectivity index (χ1n) is 10.9. The molecule has 0 aromatic carbocycles. The number of nitrogens with zero attached hydrogens (tertiary/aromatic N) is 1. The summed E-state index contributed by atoms with van der Waals surface area (Å²) in [4.78, 5) is 25.5. The predicted molar refractivity (Wildman–Crippen MR) is 120 cm³/mol. The number of carbonyl (C=O) groups is 2. The van der Waals surface area contributed by atoms with E-state index in [1.807, 2.05) is 0 Å². The van der Waals surface area contributed by atoms with Crippen LogP contribution in [-0.4, -0.2) is 99.1 Å². The van der Waals surface area contributed by atoms with Crippen LogP contribution in [0.2, 0.25) is 0 Å². The van der Waals surface area contributed by atoms with E-state index in [-0.39, 0.29) is 38.4 Å². The van der Waals surface area contributed by atoms with Gasteiger partial charge in [-0.1, -0.05) is 0 Å². The highest BCUT2D eigenvalue weighted by Crippen LogP contribution is 2.49. The van der Waals surface area contributed by atoms with Gasteiger partial charge in [-0.25, -0.2) is 0 Å². The quantitative estimate of drug-likeness (QED) is 0.204. The van der Waals surface area contributed by atoms with Gasteiger partial charge in [0.2, 0.25) is 5.91 Å². The Hall–Kier alpha value is -1.17. The zero-order valence-corrected chi connectivity index (χ0v) is 21.4. The van der Waals surface area contributed by atoms with Gasteiger partial charge in [0.25, 0.3) is 0 Å². The fraction of sp³-hybridized carbons (Fsp3) is 0.810. The summed E-state index contributed by atoms with van der Waals surface area (Å²) in [6.07, 6.45) is -3.96. The number of hydrogen-bond acceptors (Lipinski definition) is 10. The van der Waals surface area contributed by atoms with Crippen LogP contribution in [0.4, 0.5) is 0 Å². The number of hydrogen-bond donors (Lipinski definition) is 1. The zero-order valence-electron chi connectivity index (χ0n) is 20.5. The van der Waals surface area contributed by atoms with Crippen LogP contribution in [0.5, 0.6) is 0 Å². The Morgan fingerprint density at radius 1 is 1.09 bits per heavy atom. The molecule has 0 aromatic rings. The number of aliphatic hydroxyl groups excluding tert-OH is 1. The molecule has 11 nitrogen and oxygen atoms in total. The van der Waals surface area contributed by atoms with E-state index in [4.69, 9.17) is 28.0 Å². The minimum absolute atomic E-state index is 0.141. The molecule has 1 fully saturated rings. The standard InChI is InChI=1S/C21H38NO10P/c1-8-30-33(26,31-9-2)13-17(25)18-19(28-7)20(29-11-10-27-6)21(32-18)22(16(5)24)12-14(3)15(4)23/h12,17-21,25H,8-11,13H2,1-7H3/b14-12-/t17-,18+,19+,20+,21+/m0/s1. The Morgan fingerprint density at radius 3 is 2.15 bits per heavy atom. The van der Waals surface area contributed by atoms with Gasteiger partial charge < -0.3 is 33.1 Å². The smallest absolute Gasteiger partial charge is 0.333 e.